The molecule has 1 aliphatic heterocycles. The average molecular weight is 258 g/mol. The van der Waals surface area contributed by atoms with Crippen molar-refractivity contribution in [2.45, 2.75) is 44.4 Å². The molecule has 1 heterocycles. The number of hydrogen-bond acceptors (Lipinski definition) is 3. The third-order valence-electron chi connectivity index (χ3n) is 3.01. The van der Waals surface area contributed by atoms with Crippen LogP contribution in [0.25, 0.3) is 0 Å². The van der Waals surface area contributed by atoms with Crippen molar-refractivity contribution in [3.63, 3.8) is 0 Å². The summed E-state index contributed by atoms with van der Waals surface area (Å²) in [5, 5.41) is 2.76. The van der Waals surface area contributed by atoms with E-state index in [-0.39, 0.29) is 16.6 Å². The number of nitrogens with one attached hydrogen (secondary N) is 1. The van der Waals surface area contributed by atoms with Crippen molar-refractivity contribution in [2.75, 3.05) is 19.3 Å². The van der Waals surface area contributed by atoms with E-state index in [1.807, 2.05) is 6.26 Å². The molecule has 1 rings (SSSR count). The smallest absolute Gasteiger partial charge is 0.247 e. The predicted octanol–water partition coefficient (Wildman–Crippen LogP) is 1.26. The Hall–Kier alpha value is -0.710. The van der Waals surface area contributed by atoms with Gasteiger partial charge in [-0.25, -0.2) is 0 Å². The summed E-state index contributed by atoms with van der Waals surface area (Å²) in [7, 11) is 0. The van der Waals surface area contributed by atoms with Crippen LogP contribution in [0.1, 0.15) is 34.1 Å². The van der Waals surface area contributed by atoms with Crippen LogP contribution in [0.15, 0.2) is 0 Å². The molecule has 0 aliphatic carbocycles. The Kier molecular flexibility index (Phi) is 4.12. The largest absolute Gasteiger partial charge is 0.342 e. The molecule has 1 fully saturated rings. The molecule has 5 heteroatoms. The van der Waals surface area contributed by atoms with E-state index >= 15 is 0 Å². The van der Waals surface area contributed by atoms with E-state index in [4.69, 9.17) is 0 Å². The molecule has 0 bridgehead atoms. The zero-order valence-corrected chi connectivity index (χ0v) is 12.1. The zero-order chi connectivity index (χ0) is 13.3. The highest BCUT2D eigenvalue weighted by Crippen LogP contribution is 2.24. The highest BCUT2D eigenvalue weighted by Gasteiger charge is 2.38. The second kappa shape index (κ2) is 4.88. The molecule has 0 aromatic carbocycles. The minimum absolute atomic E-state index is 0.00507. The molecule has 0 spiro atoms. The van der Waals surface area contributed by atoms with Gasteiger partial charge < -0.3 is 10.2 Å². The lowest BCUT2D eigenvalue weighted by atomic mass is 10.0. The normalized spacial score (nSPS) is 21.1. The summed E-state index contributed by atoms with van der Waals surface area (Å²) >= 11 is 1.73. The van der Waals surface area contributed by atoms with E-state index in [2.05, 4.69) is 19.2 Å². The van der Waals surface area contributed by atoms with Crippen LogP contribution >= 0.6 is 11.8 Å². The number of carbonyl (C=O) groups excluding carboxylic acids is 2. The summed E-state index contributed by atoms with van der Waals surface area (Å²) in [5.74, 6) is -0.0433. The monoisotopic (exact) mass is 258 g/mol. The third-order valence-corrected chi connectivity index (χ3v) is 4.24. The van der Waals surface area contributed by atoms with E-state index in [9.17, 15) is 9.59 Å². The van der Waals surface area contributed by atoms with Crippen molar-refractivity contribution in [1.29, 1.82) is 0 Å². The minimum atomic E-state index is -0.790. The number of rotatable bonds is 3. The molecular formula is C12H22N2O2S. The average Bonchev–Trinajstić information content (AvgIpc) is 2.29. The van der Waals surface area contributed by atoms with Gasteiger partial charge in [-0.1, -0.05) is 0 Å². The molecular weight excluding hydrogens is 236 g/mol. The lowest BCUT2D eigenvalue weighted by molar-refractivity contribution is -0.137. The highest BCUT2D eigenvalue weighted by atomic mass is 32.2. The third kappa shape index (κ3) is 3.63. The summed E-state index contributed by atoms with van der Waals surface area (Å²) in [4.78, 5) is 25.6. The van der Waals surface area contributed by atoms with E-state index in [0.29, 0.717) is 19.5 Å². The van der Waals surface area contributed by atoms with Crippen LogP contribution in [-0.4, -0.2) is 46.3 Å². The number of thioether (sulfide) groups is 1. The molecule has 1 saturated heterocycles. The first kappa shape index (κ1) is 14.4. The summed E-state index contributed by atoms with van der Waals surface area (Å²) < 4.78 is 0.0130. The molecule has 0 unspecified atom stereocenters. The molecule has 17 heavy (non-hydrogen) atoms. The van der Waals surface area contributed by atoms with Crippen LogP contribution in [0, 0.1) is 0 Å². The Balaban J connectivity index is 2.85. The lowest BCUT2D eigenvalue weighted by Crippen LogP contribution is -2.54. The van der Waals surface area contributed by atoms with Crippen molar-refractivity contribution in [3.05, 3.63) is 0 Å². The minimum Gasteiger partial charge on any atom is -0.342 e. The van der Waals surface area contributed by atoms with E-state index in [1.54, 1.807) is 30.5 Å². The second-order valence-corrected chi connectivity index (χ2v) is 7.13. The number of nitrogens with zero attached hydrogens (tertiary/aromatic N) is 1. The molecule has 4 nitrogen and oxygen atoms in total. The van der Waals surface area contributed by atoms with Gasteiger partial charge in [-0.3, -0.25) is 9.59 Å². The van der Waals surface area contributed by atoms with Gasteiger partial charge in [-0.05, 0) is 34.0 Å². The summed E-state index contributed by atoms with van der Waals surface area (Å²) in [6, 6.07) is 0. The quantitative estimate of drug-likeness (QED) is 0.829. The maximum atomic E-state index is 12.3. The number of carbonyl (C=O) groups is 2. The first-order chi connectivity index (χ1) is 7.68. The molecule has 2 amide bonds. The predicted molar refractivity (Wildman–Crippen MR) is 71.0 cm³/mol. The first-order valence-electron chi connectivity index (χ1n) is 5.83. The van der Waals surface area contributed by atoms with Gasteiger partial charge in [0.2, 0.25) is 11.8 Å². The summed E-state index contributed by atoms with van der Waals surface area (Å²) in [6.07, 6.45) is 2.43. The Bertz CT molecular complexity index is 326. The molecule has 1 aliphatic rings. The van der Waals surface area contributed by atoms with Crippen LogP contribution < -0.4 is 5.32 Å². The van der Waals surface area contributed by atoms with Gasteiger partial charge in [-0.15, -0.1) is 0 Å². The van der Waals surface area contributed by atoms with Gasteiger partial charge >= 0.3 is 0 Å². The number of amides is 2. The Labute approximate surface area is 108 Å². The van der Waals surface area contributed by atoms with Crippen molar-refractivity contribution < 1.29 is 9.59 Å². The SMILES string of the molecule is CSC(C)(C)CN1CCC(=O)NC(C)(C)C1=O. The molecule has 98 valence electrons. The fourth-order valence-corrected chi connectivity index (χ4v) is 2.16. The van der Waals surface area contributed by atoms with E-state index < -0.39 is 5.54 Å². The van der Waals surface area contributed by atoms with E-state index in [1.165, 1.54) is 0 Å². The van der Waals surface area contributed by atoms with Crippen LogP contribution in [0.3, 0.4) is 0 Å². The van der Waals surface area contributed by atoms with Crippen molar-refractivity contribution >= 4 is 23.6 Å². The molecule has 1 N–H and O–H groups in total. The van der Waals surface area contributed by atoms with Crippen molar-refractivity contribution in [2.24, 2.45) is 0 Å². The standard InChI is InChI=1S/C12H22N2O2S/c1-11(2,17-5)8-14-7-6-9(15)13-12(3,4)10(14)16/h6-8H2,1-5H3,(H,13,15). The fourth-order valence-electron chi connectivity index (χ4n) is 1.87. The van der Waals surface area contributed by atoms with Gasteiger partial charge in [-0.2, -0.15) is 11.8 Å². The first-order valence-corrected chi connectivity index (χ1v) is 7.06. The Morgan fingerprint density at radius 2 is 2.00 bits per heavy atom. The zero-order valence-electron chi connectivity index (χ0n) is 11.3. The second-order valence-electron chi connectivity index (χ2n) is 5.61. The molecule has 0 saturated carbocycles. The molecule has 0 atom stereocenters. The van der Waals surface area contributed by atoms with Gasteiger partial charge in [0, 0.05) is 24.3 Å². The number of hydrogen-bond donors (Lipinski definition) is 1. The van der Waals surface area contributed by atoms with Crippen LogP contribution in [0.2, 0.25) is 0 Å². The fraction of sp³-hybridized carbons (Fsp3) is 0.833. The maximum absolute atomic E-state index is 12.3. The highest BCUT2D eigenvalue weighted by molar-refractivity contribution is 7.99. The van der Waals surface area contributed by atoms with Crippen molar-refractivity contribution in [1.82, 2.24) is 10.2 Å². The topological polar surface area (TPSA) is 49.4 Å². The molecule has 0 aromatic heterocycles. The summed E-state index contributed by atoms with van der Waals surface area (Å²) in [5.41, 5.74) is -0.790. The van der Waals surface area contributed by atoms with Crippen LogP contribution in [-0.2, 0) is 9.59 Å². The molecule has 0 radical (unpaired) electrons. The van der Waals surface area contributed by atoms with Crippen molar-refractivity contribution in [3.8, 4) is 0 Å². The Morgan fingerprint density at radius 3 is 2.53 bits per heavy atom. The van der Waals surface area contributed by atoms with Gasteiger partial charge in [0.15, 0.2) is 0 Å². The van der Waals surface area contributed by atoms with Crippen LogP contribution in [0.4, 0.5) is 0 Å². The van der Waals surface area contributed by atoms with Gasteiger partial charge in [0.1, 0.15) is 5.54 Å². The van der Waals surface area contributed by atoms with Crippen LogP contribution in [0.5, 0.6) is 0 Å². The molecule has 0 aromatic rings. The summed E-state index contributed by atoms with van der Waals surface area (Å²) in [6.45, 7) is 8.93. The van der Waals surface area contributed by atoms with Gasteiger partial charge in [0.25, 0.3) is 0 Å². The Morgan fingerprint density at radius 1 is 1.41 bits per heavy atom. The maximum Gasteiger partial charge on any atom is 0.247 e. The lowest BCUT2D eigenvalue weighted by Gasteiger charge is -2.34. The van der Waals surface area contributed by atoms with E-state index in [0.717, 1.165) is 0 Å². The van der Waals surface area contributed by atoms with Gasteiger partial charge in [0.05, 0.1) is 0 Å².